The molecule has 0 radical (unpaired) electrons. The van der Waals surface area contributed by atoms with Crippen molar-refractivity contribution in [2.45, 2.75) is 289 Å². The zero-order chi connectivity index (χ0) is 79.7. The number of esters is 3. The minimum Gasteiger partial charge on any atom is -0.756 e. The van der Waals surface area contributed by atoms with Crippen LogP contribution in [0.1, 0.15) is 289 Å². The van der Waals surface area contributed by atoms with Crippen LogP contribution in [0.2, 0.25) is 0 Å². The Balaban J connectivity index is 0. The number of nitro groups is 1. The topological polar surface area (TPSA) is 301 Å². The summed E-state index contributed by atoms with van der Waals surface area (Å²) in [5.41, 5.74) is 19.0. The molecule has 0 saturated carbocycles. The SMILES string of the molecule is CC(C)=CCC/C(C)=C/CC/C(C)=C/CC/C=C(\C)CC/C=C(\C)CCC(=O)OCCCOC(=O)Oc1ccc([N+](=O)[O-])cc1.COP(=O)([O-])OCCCCCCCC(=O)OCCCOC(=O)CC/C(C)=C/CC/C(C)=C/CC/C=C(\C)CC/C=C(\C)CCC=C(C)C.COP(=O)([O-])OCCCCCCN. The van der Waals surface area contributed by atoms with E-state index in [-0.39, 0.29) is 69.0 Å². The molecule has 0 bridgehead atoms. The number of nitrogens with zero attached hydrogens (tertiary/aromatic N) is 1. The number of rotatable bonds is 58. The van der Waals surface area contributed by atoms with Gasteiger partial charge in [0.1, 0.15) is 5.75 Å². The monoisotopic (exact) mass is 1530 g/mol. The summed E-state index contributed by atoms with van der Waals surface area (Å²) < 4.78 is 64.8. The van der Waals surface area contributed by atoms with Gasteiger partial charge in [-0.3, -0.25) is 33.6 Å². The molecule has 23 heteroatoms. The predicted octanol–water partition coefficient (Wildman–Crippen LogP) is 21.9. The molecule has 106 heavy (non-hydrogen) atoms. The van der Waals surface area contributed by atoms with Gasteiger partial charge in [0.2, 0.25) is 0 Å². The lowest BCUT2D eigenvalue weighted by Gasteiger charge is -2.19. The van der Waals surface area contributed by atoms with E-state index in [9.17, 15) is 48.2 Å². The number of phosphoric ester groups is 2. The van der Waals surface area contributed by atoms with Gasteiger partial charge in [-0.2, -0.15) is 0 Å². The summed E-state index contributed by atoms with van der Waals surface area (Å²) in [7, 11) is -5.99. The van der Waals surface area contributed by atoms with Crippen LogP contribution in [-0.4, -0.2) is 89.4 Å². The van der Waals surface area contributed by atoms with Crippen LogP contribution < -0.4 is 20.3 Å². The maximum Gasteiger partial charge on any atom is 0.513 e. The third kappa shape index (κ3) is 69.6. The normalized spacial score (nSPS) is 13.6. The molecule has 0 fully saturated rings. The van der Waals surface area contributed by atoms with Crippen molar-refractivity contribution < 1.29 is 84.8 Å². The fraction of sp³-hybridized carbons (Fsp3) is 0.639. The van der Waals surface area contributed by atoms with Gasteiger partial charge < -0.3 is 57.3 Å². The van der Waals surface area contributed by atoms with E-state index in [4.69, 9.17) is 29.4 Å². The van der Waals surface area contributed by atoms with Gasteiger partial charge in [0, 0.05) is 58.5 Å². The molecule has 0 aliphatic rings. The third-order valence-corrected chi connectivity index (χ3v) is 18.4. The Labute approximate surface area is 638 Å². The molecule has 0 saturated heterocycles. The lowest BCUT2D eigenvalue weighted by atomic mass is 10.0. The van der Waals surface area contributed by atoms with Gasteiger partial charge in [-0.1, -0.05) is 149 Å². The maximum absolute atomic E-state index is 12.1. The molecule has 0 amide bonds. The number of phosphoric acid groups is 2. The summed E-state index contributed by atoms with van der Waals surface area (Å²) >= 11 is 0. The summed E-state index contributed by atoms with van der Waals surface area (Å²) in [6, 6.07) is 5.09. The lowest BCUT2D eigenvalue weighted by molar-refractivity contribution is -0.384. The van der Waals surface area contributed by atoms with E-state index >= 15 is 0 Å². The number of hydrogen-bond donors (Lipinski definition) is 1. The predicted molar refractivity (Wildman–Crippen MR) is 425 cm³/mol. The number of nitro benzene ring substituents is 1. The van der Waals surface area contributed by atoms with E-state index < -0.39 is 26.7 Å². The first-order valence-electron chi connectivity index (χ1n) is 38.2. The van der Waals surface area contributed by atoms with Crippen LogP contribution in [0.4, 0.5) is 10.5 Å². The summed E-state index contributed by atoms with van der Waals surface area (Å²) in [4.78, 5) is 79.5. The molecule has 1 aromatic carbocycles. The second kappa shape index (κ2) is 67.0. The lowest BCUT2D eigenvalue weighted by Crippen LogP contribution is -2.13. The van der Waals surface area contributed by atoms with Gasteiger partial charge in [0.05, 0.1) is 44.6 Å². The molecule has 21 nitrogen and oxygen atoms in total. The summed E-state index contributed by atoms with van der Waals surface area (Å²) in [5.74, 6) is -0.642. The maximum atomic E-state index is 12.1. The second-order valence-electron chi connectivity index (χ2n) is 27.3. The molecule has 0 heterocycles. The fourth-order valence-corrected chi connectivity index (χ4v) is 10.8. The Kier molecular flexibility index (Phi) is 64.5. The van der Waals surface area contributed by atoms with Crippen molar-refractivity contribution in [3.8, 4) is 5.75 Å². The number of carbonyl (C=O) groups is 4. The number of carbonyl (C=O) groups excluding carboxylic acids is 4. The largest absolute Gasteiger partial charge is 0.756 e. The number of unbranched alkanes of at least 4 members (excludes halogenated alkanes) is 9. The van der Waals surface area contributed by atoms with E-state index in [0.29, 0.717) is 64.3 Å². The Bertz CT molecular complexity index is 3020. The molecule has 1 aromatic rings. The van der Waals surface area contributed by atoms with Crippen LogP contribution in [0.15, 0.2) is 141 Å². The van der Waals surface area contributed by atoms with Crippen molar-refractivity contribution in [3.63, 3.8) is 0 Å². The zero-order valence-electron chi connectivity index (χ0n) is 67.3. The van der Waals surface area contributed by atoms with Crippen LogP contribution in [0, 0.1) is 10.1 Å². The van der Waals surface area contributed by atoms with Crippen LogP contribution in [0.5, 0.6) is 5.75 Å². The molecule has 2 N–H and O–H groups in total. The van der Waals surface area contributed by atoms with Gasteiger partial charge in [0.25, 0.3) is 21.3 Å². The molecule has 0 aliphatic carbocycles. The zero-order valence-corrected chi connectivity index (χ0v) is 69.1. The third-order valence-electron chi connectivity index (χ3n) is 16.5. The number of allylic oxidation sites excluding steroid dienone is 20. The molecular weight excluding hydrogens is 1390 g/mol. The van der Waals surface area contributed by atoms with Crippen molar-refractivity contribution >= 4 is 45.4 Å². The van der Waals surface area contributed by atoms with Gasteiger partial charge >= 0.3 is 24.1 Å². The molecular formula is C83H136N2O19P2-2. The first-order valence-corrected chi connectivity index (χ1v) is 41.1. The highest BCUT2D eigenvalue weighted by Gasteiger charge is 2.12. The minimum absolute atomic E-state index is 0.0233. The van der Waals surface area contributed by atoms with E-state index in [1.807, 2.05) is 6.92 Å². The summed E-state index contributed by atoms with van der Waals surface area (Å²) in [5, 5.41) is 10.7. The van der Waals surface area contributed by atoms with E-state index in [2.05, 4.69) is 155 Å². The molecule has 604 valence electrons. The van der Waals surface area contributed by atoms with Gasteiger partial charge in [-0.15, -0.1) is 0 Å². The smallest absolute Gasteiger partial charge is 0.513 e. The van der Waals surface area contributed by atoms with Crippen molar-refractivity contribution in [1.29, 1.82) is 0 Å². The highest BCUT2D eigenvalue weighted by Crippen LogP contribution is 2.37. The Morgan fingerprint density at radius 1 is 0.368 bits per heavy atom. The average Bonchev–Trinajstić information content (AvgIpc) is 0.889. The molecule has 1 rings (SSSR count). The van der Waals surface area contributed by atoms with Crippen LogP contribution >= 0.6 is 15.6 Å². The Morgan fingerprint density at radius 3 is 0.991 bits per heavy atom. The minimum atomic E-state index is -4.14. The van der Waals surface area contributed by atoms with Crippen LogP contribution in [0.3, 0.4) is 0 Å². The molecule has 2 unspecified atom stereocenters. The molecule has 0 aliphatic heterocycles. The fourth-order valence-electron chi connectivity index (χ4n) is 9.87. The summed E-state index contributed by atoms with van der Waals surface area (Å²) in [6.07, 6.45) is 50.2. The van der Waals surface area contributed by atoms with Gasteiger partial charge in [0.15, 0.2) is 0 Å². The van der Waals surface area contributed by atoms with Crippen molar-refractivity contribution in [2.75, 3.05) is 60.4 Å². The number of nitrogens with two attached hydrogens (primary N) is 1. The van der Waals surface area contributed by atoms with E-state index in [0.717, 1.165) is 167 Å². The number of benzene rings is 1. The van der Waals surface area contributed by atoms with Crippen LogP contribution in [0.25, 0.3) is 0 Å². The van der Waals surface area contributed by atoms with Crippen LogP contribution in [-0.2, 0) is 60.6 Å². The first kappa shape index (κ1) is 102. The quantitative estimate of drug-likeness (QED) is 0.00926. The Morgan fingerprint density at radius 2 is 0.660 bits per heavy atom. The number of non-ortho nitro benzene ring substituents is 1. The first-order chi connectivity index (χ1) is 50.4. The van der Waals surface area contributed by atoms with E-state index in [1.54, 1.807) is 0 Å². The summed E-state index contributed by atoms with van der Waals surface area (Å²) in [6.45, 7) is 27.6. The van der Waals surface area contributed by atoms with Gasteiger partial charge in [-0.25, -0.2) is 4.79 Å². The molecule has 0 spiro atoms. The van der Waals surface area contributed by atoms with E-state index in [1.165, 1.54) is 74.4 Å². The highest BCUT2D eigenvalue weighted by molar-refractivity contribution is 7.46. The molecule has 0 aromatic heterocycles. The Hall–Kier alpha value is -6.12. The van der Waals surface area contributed by atoms with Crippen molar-refractivity contribution in [3.05, 3.63) is 151 Å². The highest BCUT2D eigenvalue weighted by atomic mass is 31.2. The van der Waals surface area contributed by atoms with Crippen molar-refractivity contribution in [1.82, 2.24) is 0 Å². The average molecular weight is 1530 g/mol. The standard InChI is InChI=1S/C39H67O8P.C37H53NO7.C7H18NO4P/c1-33(2)19-15-22-36(5)25-16-23-34(3)20-12-13-21-35(4)24-17-26-37(6)28-29-39(41)46-31-18-30-45-38(40)27-11-9-8-10-14-32-47-48(42,43)44-7;1-29(2)13-9-16-32(5)19-10-17-30(3)14-7-8-15-31(4)18-11-20-33(6)21-26-36(39)43-27-12-28-44-37(40)45-35-24-22-34(23-25-35)38(41)42;1-11-13(9,10)12-7-5-3-2-4-6-8/h19-21,25-26H,8-18,22-24,27-32H2,1-7H3,(H,42,43);13-15,19-20,22-25H,7-12,16-18,21,26-28H2,1-6H3;2-8H2,1H3,(H,9,10)/p-2/b34-20+,35-21+,36-25+,37-26+;30-14+,31-15+,32-19+,33-20+;. The number of hydrogen-bond acceptors (Lipinski definition) is 20. The molecule has 2 atom stereocenters. The number of ether oxygens (including phenoxy) is 5. The van der Waals surface area contributed by atoms with Crippen molar-refractivity contribution in [2.24, 2.45) is 5.73 Å². The van der Waals surface area contributed by atoms with Gasteiger partial charge in [-0.05, 0) is 243 Å². The second-order valence-corrected chi connectivity index (χ2v) is 30.4.